The Kier molecular flexibility index (Phi) is 6.63. The van der Waals surface area contributed by atoms with Crippen LogP contribution in [0.3, 0.4) is 0 Å². The van der Waals surface area contributed by atoms with E-state index in [1.54, 1.807) is 14.2 Å². The number of aromatic amines is 1. The average Bonchev–Trinajstić information content (AvgIpc) is 3.17. The highest BCUT2D eigenvalue weighted by Gasteiger charge is 2.31. The summed E-state index contributed by atoms with van der Waals surface area (Å²) in [4.78, 5) is 6.40. The van der Waals surface area contributed by atoms with Gasteiger partial charge in [-0.25, -0.2) is 0 Å². The summed E-state index contributed by atoms with van der Waals surface area (Å²) in [6, 6.07) is 15.3. The molecule has 3 aromatic rings. The molecule has 1 aliphatic heterocycles. The van der Waals surface area contributed by atoms with Crippen molar-refractivity contribution in [3.63, 3.8) is 0 Å². The average molecular weight is 407 g/mol. The standard InChI is InChI=1S/C26H34N2O2/c1-4-5-6-7-10-16-28-17-15-21-20-11-8-9-12-22(20)27-25(21)26(28)19-13-14-23(29-2)24(18-19)30-3/h8-9,11-14,18,26-27H,4-7,10,15-17H2,1-3H3. The molecule has 160 valence electrons. The Labute approximate surface area is 180 Å². The zero-order valence-electron chi connectivity index (χ0n) is 18.5. The molecule has 0 saturated heterocycles. The highest BCUT2D eigenvalue weighted by atomic mass is 16.5. The van der Waals surface area contributed by atoms with Gasteiger partial charge in [-0.3, -0.25) is 4.90 Å². The van der Waals surface area contributed by atoms with Crippen molar-refractivity contribution in [3.05, 3.63) is 59.3 Å². The summed E-state index contributed by atoms with van der Waals surface area (Å²) >= 11 is 0. The molecule has 2 aromatic carbocycles. The number of benzene rings is 2. The monoisotopic (exact) mass is 406 g/mol. The third-order valence-corrected chi connectivity index (χ3v) is 6.41. The van der Waals surface area contributed by atoms with E-state index in [1.807, 2.05) is 6.07 Å². The van der Waals surface area contributed by atoms with Gasteiger partial charge in [0.25, 0.3) is 0 Å². The molecule has 1 N–H and O–H groups in total. The lowest BCUT2D eigenvalue weighted by molar-refractivity contribution is 0.205. The summed E-state index contributed by atoms with van der Waals surface area (Å²) in [5.41, 5.74) is 5.29. The van der Waals surface area contributed by atoms with E-state index in [0.29, 0.717) is 0 Å². The molecule has 1 aliphatic rings. The predicted molar refractivity (Wildman–Crippen MR) is 124 cm³/mol. The van der Waals surface area contributed by atoms with Crippen LogP contribution in [-0.2, 0) is 6.42 Å². The topological polar surface area (TPSA) is 37.5 Å². The van der Waals surface area contributed by atoms with Crippen LogP contribution >= 0.6 is 0 Å². The summed E-state index contributed by atoms with van der Waals surface area (Å²) in [6.07, 6.45) is 7.62. The van der Waals surface area contributed by atoms with Crippen LogP contribution in [-0.4, -0.2) is 37.2 Å². The van der Waals surface area contributed by atoms with Crippen LogP contribution in [0, 0.1) is 0 Å². The largest absolute Gasteiger partial charge is 0.493 e. The minimum atomic E-state index is 0.215. The number of hydrogen-bond donors (Lipinski definition) is 1. The second kappa shape index (κ2) is 9.57. The molecule has 4 nitrogen and oxygen atoms in total. The first-order chi connectivity index (χ1) is 14.8. The van der Waals surface area contributed by atoms with Gasteiger partial charge in [-0.05, 0) is 48.7 Å². The molecule has 0 bridgehead atoms. The predicted octanol–water partition coefficient (Wildman–Crippen LogP) is 6.10. The van der Waals surface area contributed by atoms with Crippen molar-refractivity contribution >= 4 is 10.9 Å². The molecule has 0 saturated carbocycles. The molecule has 0 radical (unpaired) electrons. The second-order valence-electron chi connectivity index (χ2n) is 8.28. The molecule has 0 aliphatic carbocycles. The summed E-state index contributed by atoms with van der Waals surface area (Å²) in [7, 11) is 3.40. The lowest BCUT2D eigenvalue weighted by atomic mass is 9.92. The van der Waals surface area contributed by atoms with Crippen molar-refractivity contribution in [3.8, 4) is 11.5 Å². The molecular weight excluding hydrogens is 372 g/mol. The first-order valence-electron chi connectivity index (χ1n) is 11.3. The molecule has 1 aromatic heterocycles. The van der Waals surface area contributed by atoms with Gasteiger partial charge in [0.05, 0.1) is 20.3 Å². The van der Waals surface area contributed by atoms with Gasteiger partial charge in [0.1, 0.15) is 0 Å². The van der Waals surface area contributed by atoms with Gasteiger partial charge >= 0.3 is 0 Å². The number of unbranched alkanes of at least 4 members (excludes halogenated alkanes) is 4. The van der Waals surface area contributed by atoms with Crippen LogP contribution in [0.5, 0.6) is 11.5 Å². The number of ether oxygens (including phenoxy) is 2. The second-order valence-corrected chi connectivity index (χ2v) is 8.28. The van der Waals surface area contributed by atoms with Crippen molar-refractivity contribution in [2.24, 2.45) is 0 Å². The van der Waals surface area contributed by atoms with Gasteiger partial charge in [0.2, 0.25) is 0 Å². The first kappa shape index (κ1) is 20.8. The molecule has 30 heavy (non-hydrogen) atoms. The summed E-state index contributed by atoms with van der Waals surface area (Å²) in [5.74, 6) is 1.57. The maximum Gasteiger partial charge on any atom is 0.161 e. The number of nitrogens with zero attached hydrogens (tertiary/aromatic N) is 1. The lowest BCUT2D eigenvalue weighted by Crippen LogP contribution is -2.36. The normalized spacial score (nSPS) is 16.6. The van der Waals surface area contributed by atoms with E-state index in [1.165, 1.54) is 59.8 Å². The molecule has 1 atom stereocenters. The number of para-hydroxylation sites is 1. The van der Waals surface area contributed by atoms with Gasteiger partial charge < -0.3 is 14.5 Å². The minimum Gasteiger partial charge on any atom is -0.493 e. The highest BCUT2D eigenvalue weighted by molar-refractivity contribution is 5.85. The Hall–Kier alpha value is -2.46. The number of methoxy groups -OCH3 is 2. The summed E-state index contributed by atoms with van der Waals surface area (Å²) < 4.78 is 11.1. The quantitative estimate of drug-likeness (QED) is 0.436. The Balaban J connectivity index is 1.69. The fourth-order valence-corrected chi connectivity index (χ4v) is 4.85. The smallest absolute Gasteiger partial charge is 0.161 e. The zero-order valence-corrected chi connectivity index (χ0v) is 18.5. The van der Waals surface area contributed by atoms with Gasteiger partial charge in [-0.15, -0.1) is 0 Å². The van der Waals surface area contributed by atoms with Crippen molar-refractivity contribution in [2.75, 3.05) is 27.3 Å². The van der Waals surface area contributed by atoms with Gasteiger partial charge in [0, 0.05) is 23.1 Å². The van der Waals surface area contributed by atoms with Gasteiger partial charge in [0.15, 0.2) is 11.5 Å². The number of aromatic nitrogens is 1. The van der Waals surface area contributed by atoms with Crippen LogP contribution in [0.25, 0.3) is 10.9 Å². The SMILES string of the molecule is CCCCCCCN1CCc2c([nH]c3ccccc23)C1c1ccc(OC)c(OC)c1. The Morgan fingerprint density at radius 3 is 2.57 bits per heavy atom. The van der Waals surface area contributed by atoms with Crippen molar-refractivity contribution in [1.82, 2.24) is 9.88 Å². The number of H-pyrrole nitrogens is 1. The number of rotatable bonds is 9. The number of hydrogen-bond acceptors (Lipinski definition) is 3. The molecule has 0 spiro atoms. The van der Waals surface area contributed by atoms with Gasteiger partial charge in [-0.1, -0.05) is 56.9 Å². The first-order valence-corrected chi connectivity index (χ1v) is 11.3. The van der Waals surface area contributed by atoms with Crippen LogP contribution in [0.2, 0.25) is 0 Å². The van der Waals surface area contributed by atoms with E-state index < -0.39 is 0 Å². The van der Waals surface area contributed by atoms with Crippen LogP contribution in [0.15, 0.2) is 42.5 Å². The number of fused-ring (bicyclic) bond motifs is 3. The molecular formula is C26H34N2O2. The van der Waals surface area contributed by atoms with Crippen molar-refractivity contribution in [2.45, 2.75) is 51.5 Å². The third kappa shape index (κ3) is 4.06. The Morgan fingerprint density at radius 2 is 1.77 bits per heavy atom. The highest BCUT2D eigenvalue weighted by Crippen LogP contribution is 2.40. The number of nitrogens with one attached hydrogen (secondary N) is 1. The van der Waals surface area contributed by atoms with E-state index in [2.05, 4.69) is 53.2 Å². The van der Waals surface area contributed by atoms with E-state index in [0.717, 1.165) is 31.0 Å². The Bertz CT molecular complexity index is 978. The van der Waals surface area contributed by atoms with Gasteiger partial charge in [-0.2, -0.15) is 0 Å². The molecule has 4 heteroatoms. The third-order valence-electron chi connectivity index (χ3n) is 6.41. The van der Waals surface area contributed by atoms with E-state index >= 15 is 0 Å². The Morgan fingerprint density at radius 1 is 0.967 bits per heavy atom. The van der Waals surface area contributed by atoms with Crippen LogP contribution in [0.1, 0.15) is 61.9 Å². The summed E-state index contributed by atoms with van der Waals surface area (Å²) in [5, 5.41) is 1.36. The van der Waals surface area contributed by atoms with Crippen molar-refractivity contribution in [1.29, 1.82) is 0 Å². The molecule has 0 fully saturated rings. The van der Waals surface area contributed by atoms with E-state index in [9.17, 15) is 0 Å². The maximum absolute atomic E-state index is 5.62. The maximum atomic E-state index is 5.62. The molecule has 2 heterocycles. The van der Waals surface area contributed by atoms with E-state index in [4.69, 9.17) is 9.47 Å². The van der Waals surface area contributed by atoms with Crippen molar-refractivity contribution < 1.29 is 9.47 Å². The zero-order chi connectivity index (χ0) is 20.9. The summed E-state index contributed by atoms with van der Waals surface area (Å²) in [6.45, 7) is 4.48. The molecule has 0 amide bonds. The molecule has 1 unspecified atom stereocenters. The lowest BCUT2D eigenvalue weighted by Gasteiger charge is -2.36. The van der Waals surface area contributed by atoms with Crippen LogP contribution in [0.4, 0.5) is 0 Å². The van der Waals surface area contributed by atoms with Crippen LogP contribution < -0.4 is 9.47 Å². The minimum absolute atomic E-state index is 0.215. The fourth-order valence-electron chi connectivity index (χ4n) is 4.85. The molecule has 4 rings (SSSR count). The van der Waals surface area contributed by atoms with E-state index in [-0.39, 0.29) is 6.04 Å². The fraction of sp³-hybridized carbons (Fsp3) is 0.462.